The lowest BCUT2D eigenvalue weighted by atomic mass is 10.1. The second-order valence-corrected chi connectivity index (χ2v) is 4.96. The molecule has 0 heterocycles. The Bertz CT molecular complexity index is 424. The van der Waals surface area contributed by atoms with Crippen molar-refractivity contribution in [2.75, 3.05) is 19.9 Å². The monoisotopic (exact) mass is 305 g/mol. The van der Waals surface area contributed by atoms with Crippen molar-refractivity contribution in [3.05, 3.63) is 28.8 Å². The van der Waals surface area contributed by atoms with E-state index >= 15 is 0 Å². The highest BCUT2D eigenvalue weighted by Crippen LogP contribution is 2.25. The number of aryl methyl sites for hydroxylation is 2. The molecule has 0 aromatic heterocycles. The summed E-state index contributed by atoms with van der Waals surface area (Å²) in [4.78, 5) is 0. The van der Waals surface area contributed by atoms with Crippen LogP contribution < -0.4 is 10.1 Å². The van der Waals surface area contributed by atoms with Crippen LogP contribution in [0.25, 0.3) is 0 Å². The van der Waals surface area contributed by atoms with Crippen LogP contribution in [0, 0.1) is 13.8 Å². The van der Waals surface area contributed by atoms with Gasteiger partial charge in [-0.3, -0.25) is 0 Å². The molecule has 0 aliphatic rings. The normalized spacial score (nSPS) is 11.7. The zero-order valence-electron chi connectivity index (χ0n) is 12.6. The molecule has 1 N–H and O–H groups in total. The number of rotatable bonds is 8. The molecule has 0 amide bonds. The number of halogens is 3. The van der Waals surface area contributed by atoms with Crippen molar-refractivity contribution in [2.45, 2.75) is 39.9 Å². The van der Waals surface area contributed by atoms with Gasteiger partial charge in [-0.15, -0.1) is 0 Å². The van der Waals surface area contributed by atoms with Crippen LogP contribution in [0.1, 0.15) is 30.0 Å². The third-order valence-electron chi connectivity index (χ3n) is 2.83. The number of nitrogens with one attached hydrogen (secondary N) is 1. The summed E-state index contributed by atoms with van der Waals surface area (Å²) in [5, 5.41) is 3.30. The predicted molar refractivity (Wildman–Crippen MR) is 75.4 cm³/mol. The van der Waals surface area contributed by atoms with E-state index in [1.165, 1.54) is 0 Å². The Labute approximate surface area is 123 Å². The lowest BCUT2D eigenvalue weighted by molar-refractivity contribution is -0.186. The number of hydrogen-bond acceptors (Lipinski definition) is 3. The minimum Gasteiger partial charge on any atom is -0.467 e. The molecule has 0 fully saturated rings. The molecule has 0 radical (unpaired) electrons. The third-order valence-corrected chi connectivity index (χ3v) is 2.83. The highest BCUT2D eigenvalue weighted by Gasteiger charge is 2.27. The molecule has 0 saturated carbocycles. The summed E-state index contributed by atoms with van der Waals surface area (Å²) < 4.78 is 45.6. The second-order valence-electron chi connectivity index (χ2n) is 4.96. The topological polar surface area (TPSA) is 30.5 Å². The van der Waals surface area contributed by atoms with Crippen molar-refractivity contribution in [3.63, 3.8) is 0 Å². The summed E-state index contributed by atoms with van der Waals surface area (Å²) in [6, 6.07) is 3.93. The second kappa shape index (κ2) is 8.24. The van der Waals surface area contributed by atoms with Crippen molar-refractivity contribution in [2.24, 2.45) is 0 Å². The number of alkyl halides is 3. The Hall–Kier alpha value is -1.27. The first-order chi connectivity index (χ1) is 9.83. The van der Waals surface area contributed by atoms with E-state index in [1.807, 2.05) is 26.0 Å². The smallest absolute Gasteiger partial charge is 0.411 e. The van der Waals surface area contributed by atoms with Crippen LogP contribution in [0.15, 0.2) is 12.1 Å². The maximum Gasteiger partial charge on any atom is 0.411 e. The van der Waals surface area contributed by atoms with Gasteiger partial charge >= 0.3 is 6.18 Å². The van der Waals surface area contributed by atoms with Crippen molar-refractivity contribution in [1.82, 2.24) is 5.32 Å². The van der Waals surface area contributed by atoms with Gasteiger partial charge < -0.3 is 14.8 Å². The van der Waals surface area contributed by atoms with Gasteiger partial charge in [0.1, 0.15) is 12.4 Å². The van der Waals surface area contributed by atoms with Crippen LogP contribution in [0.3, 0.4) is 0 Å². The lowest BCUT2D eigenvalue weighted by Gasteiger charge is -2.15. The first-order valence-corrected chi connectivity index (χ1v) is 6.91. The van der Waals surface area contributed by atoms with Gasteiger partial charge in [0.25, 0.3) is 0 Å². The van der Waals surface area contributed by atoms with Crippen molar-refractivity contribution >= 4 is 0 Å². The molecule has 0 spiro atoms. The molecule has 0 atom stereocenters. The fourth-order valence-electron chi connectivity index (χ4n) is 2.04. The average molecular weight is 305 g/mol. The van der Waals surface area contributed by atoms with Crippen LogP contribution in [-0.4, -0.2) is 26.1 Å². The van der Waals surface area contributed by atoms with E-state index in [4.69, 9.17) is 4.74 Å². The number of ether oxygens (including phenoxy) is 2. The van der Waals surface area contributed by atoms with Gasteiger partial charge in [0.2, 0.25) is 0 Å². The molecule has 3 nitrogen and oxygen atoms in total. The van der Waals surface area contributed by atoms with E-state index in [0.29, 0.717) is 5.75 Å². The van der Waals surface area contributed by atoms with Gasteiger partial charge in [-0.05, 0) is 43.5 Å². The predicted octanol–water partition coefficient (Wildman–Crippen LogP) is 3.72. The van der Waals surface area contributed by atoms with E-state index in [1.54, 1.807) is 0 Å². The molecule has 120 valence electrons. The Morgan fingerprint density at radius 1 is 1.14 bits per heavy atom. The van der Waals surface area contributed by atoms with Gasteiger partial charge in [-0.1, -0.05) is 19.1 Å². The van der Waals surface area contributed by atoms with Gasteiger partial charge in [0.15, 0.2) is 6.79 Å². The molecule has 6 heteroatoms. The summed E-state index contributed by atoms with van der Waals surface area (Å²) in [5.41, 5.74) is 2.90. The van der Waals surface area contributed by atoms with Crippen LogP contribution in [0.5, 0.6) is 5.75 Å². The van der Waals surface area contributed by atoms with E-state index < -0.39 is 19.6 Å². The van der Waals surface area contributed by atoms with E-state index in [9.17, 15) is 13.2 Å². The highest BCUT2D eigenvalue weighted by molar-refractivity contribution is 5.43. The Morgan fingerprint density at radius 2 is 1.76 bits per heavy atom. The Balaban J connectivity index is 2.55. The third kappa shape index (κ3) is 6.82. The summed E-state index contributed by atoms with van der Waals surface area (Å²) >= 11 is 0. The first-order valence-electron chi connectivity index (χ1n) is 6.91. The van der Waals surface area contributed by atoms with Gasteiger partial charge in [-0.2, -0.15) is 13.2 Å². The molecule has 1 aromatic carbocycles. The fraction of sp³-hybridized carbons (Fsp3) is 0.600. The summed E-state index contributed by atoms with van der Waals surface area (Å²) in [7, 11) is 0. The minimum absolute atomic E-state index is 0.408. The van der Waals surface area contributed by atoms with E-state index in [0.717, 1.165) is 36.2 Å². The highest BCUT2D eigenvalue weighted by atomic mass is 19.4. The van der Waals surface area contributed by atoms with Crippen LogP contribution >= 0.6 is 0 Å². The average Bonchev–Trinajstić information content (AvgIpc) is 2.36. The van der Waals surface area contributed by atoms with Crippen molar-refractivity contribution in [1.29, 1.82) is 0 Å². The summed E-state index contributed by atoms with van der Waals surface area (Å²) in [6.45, 7) is 5.84. The molecule has 0 aliphatic carbocycles. The fourth-order valence-corrected chi connectivity index (χ4v) is 2.04. The summed E-state index contributed by atoms with van der Waals surface area (Å²) in [5.74, 6) is 0.580. The molecular formula is C15H22F3NO2. The molecule has 0 saturated heterocycles. The van der Waals surface area contributed by atoms with Crippen LogP contribution in [0.2, 0.25) is 0 Å². The standard InChI is InChI=1S/C15H22F3NO2/c1-4-5-19-8-13-6-11(2)14(12(3)7-13)21-10-20-9-15(16,17)18/h6-7,19H,4-5,8-10H2,1-3H3. The molecular weight excluding hydrogens is 283 g/mol. The van der Waals surface area contributed by atoms with Crippen LogP contribution in [0.4, 0.5) is 13.2 Å². The van der Waals surface area contributed by atoms with Gasteiger partial charge in [0, 0.05) is 6.54 Å². The summed E-state index contributed by atoms with van der Waals surface area (Å²) in [6.07, 6.45) is -3.27. The zero-order valence-corrected chi connectivity index (χ0v) is 12.6. The molecule has 0 aliphatic heterocycles. The molecule has 0 bridgehead atoms. The quantitative estimate of drug-likeness (QED) is 0.586. The molecule has 1 aromatic rings. The maximum absolute atomic E-state index is 12.0. The SMILES string of the molecule is CCCNCc1cc(C)c(OCOCC(F)(F)F)c(C)c1. The van der Waals surface area contributed by atoms with Gasteiger partial charge in [0.05, 0.1) is 0 Å². The van der Waals surface area contributed by atoms with Crippen LogP contribution in [-0.2, 0) is 11.3 Å². The molecule has 1 rings (SSSR count). The largest absolute Gasteiger partial charge is 0.467 e. The molecule has 0 unspecified atom stereocenters. The van der Waals surface area contributed by atoms with E-state index in [-0.39, 0.29) is 0 Å². The van der Waals surface area contributed by atoms with Gasteiger partial charge in [-0.25, -0.2) is 0 Å². The first kappa shape index (κ1) is 17.8. The zero-order chi connectivity index (χ0) is 15.9. The minimum atomic E-state index is -4.33. The Kier molecular flexibility index (Phi) is 6.98. The number of hydrogen-bond donors (Lipinski definition) is 1. The van der Waals surface area contributed by atoms with Crippen molar-refractivity contribution < 1.29 is 22.6 Å². The van der Waals surface area contributed by atoms with E-state index in [2.05, 4.69) is 17.0 Å². The number of benzene rings is 1. The lowest BCUT2D eigenvalue weighted by Crippen LogP contribution is -2.19. The maximum atomic E-state index is 12.0. The molecule has 21 heavy (non-hydrogen) atoms. The van der Waals surface area contributed by atoms with Crippen molar-refractivity contribution in [3.8, 4) is 5.75 Å². The Morgan fingerprint density at radius 3 is 2.29 bits per heavy atom.